The van der Waals surface area contributed by atoms with Crippen LogP contribution in [0.5, 0.6) is 5.75 Å². The van der Waals surface area contributed by atoms with E-state index in [0.29, 0.717) is 33.4 Å². The van der Waals surface area contributed by atoms with Crippen LogP contribution in [0, 0.1) is 6.92 Å². The van der Waals surface area contributed by atoms with Crippen LogP contribution in [-0.2, 0) is 0 Å². The number of carbonyl (C=O) groups excluding carboxylic acids is 1. The van der Waals surface area contributed by atoms with E-state index in [1.54, 1.807) is 25.2 Å². The molecule has 4 rings (SSSR count). The first-order valence-corrected chi connectivity index (χ1v) is 9.61. The number of benzene rings is 2. The average Bonchev–Trinajstić information content (AvgIpc) is 3.14. The summed E-state index contributed by atoms with van der Waals surface area (Å²) in [6.45, 7) is 5.80. The van der Waals surface area contributed by atoms with Crippen molar-refractivity contribution in [2.45, 2.75) is 26.9 Å². The zero-order valence-corrected chi connectivity index (χ0v) is 17.3. The van der Waals surface area contributed by atoms with Crippen LogP contribution in [0.1, 0.15) is 29.9 Å². The van der Waals surface area contributed by atoms with Crippen molar-refractivity contribution < 1.29 is 9.53 Å². The van der Waals surface area contributed by atoms with E-state index < -0.39 is 0 Å². The molecule has 0 bridgehead atoms. The number of nitrogens with zero attached hydrogens (tertiary/aromatic N) is 4. The molecule has 1 N–H and O–H groups in total. The number of aryl methyl sites for hydroxylation is 1. The Bertz CT molecular complexity index is 1250. The third-order valence-corrected chi connectivity index (χ3v) is 4.86. The van der Waals surface area contributed by atoms with E-state index in [1.165, 1.54) is 0 Å². The molecule has 2 aromatic carbocycles. The van der Waals surface area contributed by atoms with Gasteiger partial charge in [0.05, 0.1) is 27.9 Å². The Morgan fingerprint density at radius 3 is 2.69 bits per heavy atom. The van der Waals surface area contributed by atoms with Gasteiger partial charge in [-0.25, -0.2) is 4.98 Å². The maximum Gasteiger partial charge on any atom is 0.251 e. The summed E-state index contributed by atoms with van der Waals surface area (Å²) in [5.74, 6) is 1.07. The van der Waals surface area contributed by atoms with Gasteiger partial charge in [0, 0.05) is 18.2 Å². The van der Waals surface area contributed by atoms with Crippen molar-refractivity contribution in [3.63, 3.8) is 0 Å². The maximum atomic E-state index is 12.1. The van der Waals surface area contributed by atoms with Gasteiger partial charge in [0.2, 0.25) is 0 Å². The first kappa shape index (κ1) is 19.1. The molecule has 29 heavy (non-hydrogen) atoms. The monoisotopic (exact) mass is 409 g/mol. The van der Waals surface area contributed by atoms with E-state index >= 15 is 0 Å². The maximum absolute atomic E-state index is 12.1. The fourth-order valence-corrected chi connectivity index (χ4v) is 3.46. The second-order valence-electron chi connectivity index (χ2n) is 6.97. The zero-order chi connectivity index (χ0) is 20.7. The highest BCUT2D eigenvalue weighted by Crippen LogP contribution is 2.33. The van der Waals surface area contributed by atoms with Crippen molar-refractivity contribution in [2.75, 3.05) is 7.05 Å². The van der Waals surface area contributed by atoms with Crippen molar-refractivity contribution >= 4 is 34.2 Å². The van der Waals surface area contributed by atoms with Crippen molar-refractivity contribution in [2.24, 2.45) is 0 Å². The third kappa shape index (κ3) is 3.38. The summed E-state index contributed by atoms with van der Waals surface area (Å²) in [5.41, 5.74) is 4.00. The molecule has 8 heteroatoms. The van der Waals surface area contributed by atoms with Crippen LogP contribution in [0.4, 0.5) is 0 Å². The first-order valence-electron chi connectivity index (χ1n) is 9.23. The van der Waals surface area contributed by atoms with Crippen molar-refractivity contribution in [3.05, 3.63) is 52.7 Å². The number of fused-ring (bicyclic) bond motifs is 3. The largest absolute Gasteiger partial charge is 0.491 e. The van der Waals surface area contributed by atoms with Crippen LogP contribution in [0.15, 0.2) is 36.4 Å². The summed E-state index contributed by atoms with van der Waals surface area (Å²) in [6, 6.07) is 10.8. The predicted molar refractivity (Wildman–Crippen MR) is 113 cm³/mol. The molecular weight excluding hydrogens is 390 g/mol. The minimum absolute atomic E-state index is 0.0292. The fourth-order valence-electron chi connectivity index (χ4n) is 3.26. The molecule has 0 aliphatic heterocycles. The number of amides is 1. The lowest BCUT2D eigenvalue weighted by atomic mass is 10.1. The molecule has 0 fully saturated rings. The lowest BCUT2D eigenvalue weighted by molar-refractivity contribution is 0.0963. The molecule has 0 saturated heterocycles. The second-order valence-corrected chi connectivity index (χ2v) is 7.38. The van der Waals surface area contributed by atoms with Crippen LogP contribution in [0.3, 0.4) is 0 Å². The molecule has 2 heterocycles. The summed E-state index contributed by atoms with van der Waals surface area (Å²) in [5, 5.41) is 11.9. The highest BCUT2D eigenvalue weighted by Gasteiger charge is 2.18. The SMILES string of the molecule is CNC(=O)c1ccc2nc(C)c3nnc(-c4cc(OC(C)C)ccc4Cl)n3c2c1. The number of aromatic nitrogens is 4. The second kappa shape index (κ2) is 7.33. The van der Waals surface area contributed by atoms with E-state index in [1.807, 2.05) is 43.4 Å². The molecular formula is C21H20ClN5O2. The number of nitrogens with one attached hydrogen (secondary N) is 1. The summed E-state index contributed by atoms with van der Waals surface area (Å²) < 4.78 is 7.69. The number of hydrogen-bond donors (Lipinski definition) is 1. The normalized spacial score (nSPS) is 11.4. The van der Waals surface area contributed by atoms with E-state index in [4.69, 9.17) is 16.3 Å². The molecule has 0 aliphatic carbocycles. The minimum Gasteiger partial charge on any atom is -0.491 e. The van der Waals surface area contributed by atoms with Gasteiger partial charge in [-0.15, -0.1) is 10.2 Å². The molecule has 0 spiro atoms. The third-order valence-electron chi connectivity index (χ3n) is 4.53. The van der Waals surface area contributed by atoms with Gasteiger partial charge >= 0.3 is 0 Å². The van der Waals surface area contributed by atoms with Crippen LogP contribution in [0.25, 0.3) is 28.1 Å². The standard InChI is InChI=1S/C21H20ClN5O2/c1-11(2)29-14-6-7-16(22)15(10-14)20-26-25-19-12(3)24-17-8-5-13(21(28)23-4)9-18(17)27(19)20/h5-11H,1-4H3,(H,23,28). The van der Waals surface area contributed by atoms with Crippen molar-refractivity contribution in [1.29, 1.82) is 0 Å². The van der Waals surface area contributed by atoms with Gasteiger partial charge in [-0.3, -0.25) is 9.20 Å². The summed E-state index contributed by atoms with van der Waals surface area (Å²) in [7, 11) is 1.60. The van der Waals surface area contributed by atoms with Crippen LogP contribution in [0.2, 0.25) is 5.02 Å². The van der Waals surface area contributed by atoms with Gasteiger partial charge in [0.25, 0.3) is 5.91 Å². The van der Waals surface area contributed by atoms with E-state index in [0.717, 1.165) is 16.7 Å². The number of ether oxygens (including phenoxy) is 1. The number of rotatable bonds is 4. The molecule has 1 amide bonds. The number of carbonyl (C=O) groups is 1. The Balaban J connectivity index is 2.02. The minimum atomic E-state index is -0.180. The van der Waals surface area contributed by atoms with Gasteiger partial charge in [-0.05, 0) is 57.2 Å². The zero-order valence-electron chi connectivity index (χ0n) is 16.5. The molecule has 7 nitrogen and oxygen atoms in total. The number of halogens is 1. The fraction of sp³-hybridized carbons (Fsp3) is 0.238. The lowest BCUT2D eigenvalue weighted by Gasteiger charge is -2.12. The van der Waals surface area contributed by atoms with Crippen LogP contribution in [-0.4, -0.2) is 38.6 Å². The van der Waals surface area contributed by atoms with Crippen molar-refractivity contribution in [3.8, 4) is 17.1 Å². The summed E-state index contributed by atoms with van der Waals surface area (Å²) >= 11 is 6.50. The van der Waals surface area contributed by atoms with E-state index in [9.17, 15) is 4.79 Å². The Labute approximate surface area is 172 Å². The average molecular weight is 410 g/mol. The Hall–Kier alpha value is -3.19. The van der Waals surface area contributed by atoms with Gasteiger partial charge in [-0.1, -0.05) is 11.6 Å². The lowest BCUT2D eigenvalue weighted by Crippen LogP contribution is -2.17. The topological polar surface area (TPSA) is 81.4 Å². The Morgan fingerprint density at radius 1 is 1.17 bits per heavy atom. The van der Waals surface area contributed by atoms with E-state index in [-0.39, 0.29) is 12.0 Å². The van der Waals surface area contributed by atoms with Gasteiger partial charge in [0.1, 0.15) is 5.75 Å². The molecule has 0 saturated carbocycles. The summed E-state index contributed by atoms with van der Waals surface area (Å²) in [4.78, 5) is 16.7. The van der Waals surface area contributed by atoms with Crippen molar-refractivity contribution in [1.82, 2.24) is 24.9 Å². The molecule has 0 aliphatic rings. The number of hydrogen-bond acceptors (Lipinski definition) is 5. The molecule has 148 valence electrons. The molecule has 2 aromatic heterocycles. The highest BCUT2D eigenvalue weighted by molar-refractivity contribution is 6.33. The molecule has 0 atom stereocenters. The van der Waals surface area contributed by atoms with E-state index in [2.05, 4.69) is 20.5 Å². The van der Waals surface area contributed by atoms with Gasteiger partial charge < -0.3 is 10.1 Å². The van der Waals surface area contributed by atoms with Gasteiger partial charge in [-0.2, -0.15) is 0 Å². The quantitative estimate of drug-likeness (QED) is 0.549. The smallest absolute Gasteiger partial charge is 0.251 e. The molecule has 0 unspecified atom stereocenters. The van der Waals surface area contributed by atoms with Crippen LogP contribution >= 0.6 is 11.6 Å². The predicted octanol–water partition coefficient (Wildman–Crippen LogP) is 4.05. The highest BCUT2D eigenvalue weighted by atomic mass is 35.5. The molecule has 4 aromatic rings. The summed E-state index contributed by atoms with van der Waals surface area (Å²) in [6.07, 6.45) is 0.0292. The Kier molecular flexibility index (Phi) is 4.84. The van der Waals surface area contributed by atoms with Gasteiger partial charge in [0.15, 0.2) is 11.5 Å². The van der Waals surface area contributed by atoms with Crippen LogP contribution < -0.4 is 10.1 Å². The first-order chi connectivity index (χ1) is 13.9. The molecule has 0 radical (unpaired) electrons. The Morgan fingerprint density at radius 2 is 1.97 bits per heavy atom.